The maximum absolute atomic E-state index is 10.4. The van der Waals surface area contributed by atoms with Crippen LogP contribution in [0.15, 0.2) is 30.5 Å². The second kappa shape index (κ2) is 5.89. The van der Waals surface area contributed by atoms with Crippen molar-refractivity contribution >= 4 is 0 Å². The van der Waals surface area contributed by atoms with Crippen LogP contribution in [0.4, 0.5) is 0 Å². The quantitative estimate of drug-likeness (QED) is 0.898. The first-order valence-electron chi connectivity index (χ1n) is 6.49. The molecule has 0 aliphatic rings. The van der Waals surface area contributed by atoms with E-state index >= 15 is 0 Å². The predicted octanol–water partition coefficient (Wildman–Crippen LogP) is 2.50. The molecule has 0 radical (unpaired) electrons. The number of nitrogens with zero attached hydrogens (tertiary/aromatic N) is 2. The number of benzene rings is 1. The Morgan fingerprint density at radius 3 is 2.58 bits per heavy atom. The zero-order chi connectivity index (χ0) is 13.8. The lowest BCUT2D eigenvalue weighted by atomic mass is 10.0. The maximum Gasteiger partial charge on any atom is 0.162 e. The van der Waals surface area contributed by atoms with Gasteiger partial charge >= 0.3 is 0 Å². The van der Waals surface area contributed by atoms with Gasteiger partial charge in [-0.15, -0.1) is 0 Å². The number of aryl methyl sites for hydroxylation is 2. The zero-order valence-corrected chi connectivity index (χ0v) is 11.6. The minimum Gasteiger partial charge on any atom is -0.493 e. The van der Waals surface area contributed by atoms with Crippen LogP contribution >= 0.6 is 0 Å². The van der Waals surface area contributed by atoms with Crippen molar-refractivity contribution in [2.45, 2.75) is 32.9 Å². The van der Waals surface area contributed by atoms with Crippen LogP contribution in [0.5, 0.6) is 5.75 Å². The fourth-order valence-corrected chi connectivity index (χ4v) is 2.17. The molecule has 102 valence electrons. The minimum absolute atomic E-state index is 0.558. The van der Waals surface area contributed by atoms with Crippen LogP contribution in [0.3, 0.4) is 0 Å². The molecule has 1 atom stereocenters. The highest BCUT2D eigenvalue weighted by atomic mass is 16.5. The van der Waals surface area contributed by atoms with E-state index in [0.717, 1.165) is 11.3 Å². The van der Waals surface area contributed by atoms with E-state index in [1.807, 2.05) is 19.1 Å². The van der Waals surface area contributed by atoms with Gasteiger partial charge in [0.2, 0.25) is 0 Å². The fourth-order valence-electron chi connectivity index (χ4n) is 2.17. The molecule has 0 spiro atoms. The lowest BCUT2D eigenvalue weighted by molar-refractivity contribution is 0.162. The van der Waals surface area contributed by atoms with Crippen molar-refractivity contribution in [3.8, 4) is 5.75 Å². The fraction of sp³-hybridized carbons (Fsp3) is 0.400. The molecule has 1 aromatic carbocycles. The van der Waals surface area contributed by atoms with Gasteiger partial charge in [0.25, 0.3) is 0 Å². The minimum atomic E-state index is -0.611. The average molecular weight is 260 g/mol. The van der Waals surface area contributed by atoms with Gasteiger partial charge in [0.15, 0.2) is 5.75 Å². The third-order valence-corrected chi connectivity index (χ3v) is 3.23. The first-order valence-corrected chi connectivity index (χ1v) is 6.49. The Hall–Kier alpha value is -1.81. The molecule has 1 aromatic heterocycles. The second-order valence-electron chi connectivity index (χ2n) is 4.62. The van der Waals surface area contributed by atoms with E-state index in [2.05, 4.69) is 24.2 Å². The Bertz CT molecular complexity index is 510. The van der Waals surface area contributed by atoms with Gasteiger partial charge in [-0.05, 0) is 19.4 Å². The molecule has 0 fully saturated rings. The molecular weight excluding hydrogens is 240 g/mol. The highest BCUT2D eigenvalue weighted by Gasteiger charge is 2.19. The Balaban J connectivity index is 2.21. The highest BCUT2D eigenvalue weighted by molar-refractivity contribution is 5.30. The van der Waals surface area contributed by atoms with Crippen molar-refractivity contribution in [2.75, 3.05) is 7.11 Å². The summed E-state index contributed by atoms with van der Waals surface area (Å²) in [5, 5.41) is 14.6. The maximum atomic E-state index is 10.4. The molecule has 0 bridgehead atoms. The highest BCUT2D eigenvalue weighted by Crippen LogP contribution is 2.27. The summed E-state index contributed by atoms with van der Waals surface area (Å²) >= 11 is 0. The average Bonchev–Trinajstić information content (AvgIpc) is 2.84. The van der Waals surface area contributed by atoms with Crippen molar-refractivity contribution < 1.29 is 9.84 Å². The van der Waals surface area contributed by atoms with Crippen LogP contribution in [-0.4, -0.2) is 22.0 Å². The Morgan fingerprint density at radius 2 is 2.00 bits per heavy atom. The summed E-state index contributed by atoms with van der Waals surface area (Å²) in [7, 11) is 1.60. The number of rotatable bonds is 5. The molecule has 1 heterocycles. The molecule has 1 unspecified atom stereocenters. The van der Waals surface area contributed by atoms with Crippen molar-refractivity contribution in [3.63, 3.8) is 0 Å². The van der Waals surface area contributed by atoms with E-state index in [-0.39, 0.29) is 0 Å². The van der Waals surface area contributed by atoms with E-state index in [9.17, 15) is 5.11 Å². The summed E-state index contributed by atoms with van der Waals surface area (Å²) in [5.41, 5.74) is 3.06. The molecule has 4 heteroatoms. The summed E-state index contributed by atoms with van der Waals surface area (Å²) in [4.78, 5) is 0. The van der Waals surface area contributed by atoms with Crippen LogP contribution in [0, 0.1) is 6.92 Å². The number of hydrogen-bond donors (Lipinski definition) is 1. The van der Waals surface area contributed by atoms with Crippen LogP contribution in [0.25, 0.3) is 0 Å². The molecule has 0 saturated heterocycles. The van der Waals surface area contributed by atoms with E-state index in [4.69, 9.17) is 4.74 Å². The smallest absolute Gasteiger partial charge is 0.162 e. The first kappa shape index (κ1) is 13.6. The standard InChI is InChI=1S/C15H20N2O2/c1-4-17-15(14(19-3)10-16-17)13(18)9-12-7-5-11(2)6-8-12/h5-8,10,13,18H,4,9H2,1-3H3. The number of methoxy groups -OCH3 is 1. The summed E-state index contributed by atoms with van der Waals surface area (Å²) in [6.07, 6.45) is 1.60. The first-order chi connectivity index (χ1) is 9.15. The normalized spacial score (nSPS) is 12.4. The molecule has 4 nitrogen and oxygen atoms in total. The van der Waals surface area contributed by atoms with Crippen molar-refractivity contribution in [2.24, 2.45) is 0 Å². The summed E-state index contributed by atoms with van der Waals surface area (Å²) in [6.45, 7) is 4.76. The van der Waals surface area contributed by atoms with Gasteiger partial charge in [0, 0.05) is 13.0 Å². The van der Waals surface area contributed by atoms with E-state index < -0.39 is 6.10 Å². The zero-order valence-electron chi connectivity index (χ0n) is 11.6. The Kier molecular flexibility index (Phi) is 4.22. The van der Waals surface area contributed by atoms with Crippen LogP contribution in [0.2, 0.25) is 0 Å². The largest absolute Gasteiger partial charge is 0.493 e. The Labute approximate surface area is 113 Å². The second-order valence-corrected chi connectivity index (χ2v) is 4.62. The molecule has 2 rings (SSSR count). The summed E-state index contributed by atoms with van der Waals surface area (Å²) in [6, 6.07) is 8.18. The van der Waals surface area contributed by atoms with E-state index in [0.29, 0.717) is 18.7 Å². The molecular formula is C15H20N2O2. The number of aromatic nitrogens is 2. The van der Waals surface area contributed by atoms with Gasteiger partial charge in [0.1, 0.15) is 11.8 Å². The van der Waals surface area contributed by atoms with Crippen molar-refractivity contribution in [1.82, 2.24) is 9.78 Å². The molecule has 0 aliphatic heterocycles. The molecule has 0 aliphatic carbocycles. The van der Waals surface area contributed by atoms with E-state index in [1.165, 1.54) is 5.56 Å². The predicted molar refractivity (Wildman–Crippen MR) is 74.3 cm³/mol. The van der Waals surface area contributed by atoms with Crippen LogP contribution in [-0.2, 0) is 13.0 Å². The topological polar surface area (TPSA) is 47.3 Å². The number of aliphatic hydroxyl groups excluding tert-OH is 1. The third kappa shape index (κ3) is 2.96. The van der Waals surface area contributed by atoms with Gasteiger partial charge in [-0.2, -0.15) is 5.10 Å². The van der Waals surface area contributed by atoms with Gasteiger partial charge in [0.05, 0.1) is 13.3 Å². The Morgan fingerprint density at radius 1 is 1.32 bits per heavy atom. The molecule has 2 aromatic rings. The van der Waals surface area contributed by atoms with Gasteiger partial charge in [-0.3, -0.25) is 4.68 Å². The monoisotopic (exact) mass is 260 g/mol. The summed E-state index contributed by atoms with van der Waals surface area (Å²) in [5.74, 6) is 0.640. The molecule has 1 N–H and O–H groups in total. The lowest BCUT2D eigenvalue weighted by Gasteiger charge is -2.14. The van der Waals surface area contributed by atoms with E-state index in [1.54, 1.807) is 18.0 Å². The lowest BCUT2D eigenvalue weighted by Crippen LogP contribution is -2.11. The molecule has 19 heavy (non-hydrogen) atoms. The molecule has 0 saturated carbocycles. The van der Waals surface area contributed by atoms with Gasteiger partial charge < -0.3 is 9.84 Å². The SMILES string of the molecule is CCn1ncc(OC)c1C(O)Cc1ccc(C)cc1. The number of aliphatic hydroxyl groups is 1. The van der Waals surface area contributed by atoms with Gasteiger partial charge in [-0.1, -0.05) is 29.8 Å². The third-order valence-electron chi connectivity index (χ3n) is 3.23. The number of ether oxygens (including phenoxy) is 1. The van der Waals surface area contributed by atoms with Crippen molar-refractivity contribution in [3.05, 3.63) is 47.3 Å². The van der Waals surface area contributed by atoms with Crippen LogP contribution in [0.1, 0.15) is 29.8 Å². The number of hydrogen-bond acceptors (Lipinski definition) is 3. The van der Waals surface area contributed by atoms with Crippen LogP contribution < -0.4 is 4.74 Å². The van der Waals surface area contributed by atoms with Gasteiger partial charge in [-0.25, -0.2) is 0 Å². The molecule has 0 amide bonds. The summed E-state index contributed by atoms with van der Waals surface area (Å²) < 4.78 is 7.04. The van der Waals surface area contributed by atoms with Crippen molar-refractivity contribution in [1.29, 1.82) is 0 Å².